The van der Waals surface area contributed by atoms with Gasteiger partial charge in [-0.3, -0.25) is 4.39 Å². The molecule has 1 atom stereocenters. The first-order chi connectivity index (χ1) is 19.0. The maximum absolute atomic E-state index is 13.9. The van der Waals surface area contributed by atoms with Gasteiger partial charge in [-0.15, -0.1) is 0 Å². The van der Waals surface area contributed by atoms with Crippen molar-refractivity contribution < 1.29 is 32.5 Å². The third kappa shape index (κ3) is 7.71. The molecule has 3 aromatic carbocycles. The molecule has 1 aliphatic rings. The zero-order chi connectivity index (χ0) is 28.9. The lowest BCUT2D eigenvalue weighted by molar-refractivity contribution is -0.0980. The lowest BCUT2D eigenvalue weighted by Crippen LogP contribution is -2.14. The second kappa shape index (κ2) is 16.1. The molecule has 0 spiro atoms. The van der Waals surface area contributed by atoms with Gasteiger partial charge in [0.2, 0.25) is 0 Å². The maximum Gasteiger partial charge on any atom is 0.144 e. The Kier molecular flexibility index (Phi) is 13.2. The molecule has 0 saturated heterocycles. The second-order valence-electron chi connectivity index (χ2n) is 8.35. The van der Waals surface area contributed by atoms with Crippen LogP contribution in [0, 0.1) is 5.82 Å². The van der Waals surface area contributed by atoms with Crippen LogP contribution in [0.25, 0.3) is 10.9 Å². The minimum absolute atomic E-state index is 0.262. The Morgan fingerprint density at radius 1 is 1.08 bits per heavy atom. The van der Waals surface area contributed by atoms with Gasteiger partial charge in [0.05, 0.1) is 25.9 Å². The van der Waals surface area contributed by atoms with Gasteiger partial charge in [-0.1, -0.05) is 52.3 Å². The van der Waals surface area contributed by atoms with Crippen LogP contribution in [-0.2, 0) is 35.7 Å². The molecule has 0 amide bonds. The largest absolute Gasteiger partial charge is 0.487 e. The van der Waals surface area contributed by atoms with Crippen molar-refractivity contribution in [3.63, 3.8) is 0 Å². The fourth-order valence-electron chi connectivity index (χ4n) is 4.49. The molecule has 1 unspecified atom stereocenters. The second-order valence-corrected chi connectivity index (χ2v) is 9.21. The molecule has 2 heterocycles. The van der Waals surface area contributed by atoms with E-state index in [4.69, 9.17) is 19.4 Å². The van der Waals surface area contributed by atoms with Crippen LogP contribution in [0.2, 0.25) is 0 Å². The van der Waals surface area contributed by atoms with Gasteiger partial charge in [-0.05, 0) is 47.9 Å². The third-order valence-electron chi connectivity index (χ3n) is 6.14. The Balaban J connectivity index is 0.000000833. The minimum atomic E-state index is -1.03. The van der Waals surface area contributed by atoms with E-state index < -0.39 is 6.17 Å². The van der Waals surface area contributed by atoms with E-state index >= 15 is 0 Å². The van der Waals surface area contributed by atoms with E-state index in [0.29, 0.717) is 39.1 Å². The zero-order valence-corrected chi connectivity index (χ0v) is 23.8. The maximum atomic E-state index is 13.9. The summed E-state index contributed by atoms with van der Waals surface area (Å²) in [5, 5.41) is 8.12. The fourth-order valence-corrected chi connectivity index (χ4v) is 5.24. The minimum Gasteiger partial charge on any atom is -0.487 e. The molecule has 5 rings (SSSR count). The van der Waals surface area contributed by atoms with Gasteiger partial charge >= 0.3 is 0 Å². The van der Waals surface area contributed by atoms with Crippen LogP contribution in [0.4, 0.5) is 13.2 Å². The van der Waals surface area contributed by atoms with Crippen LogP contribution in [-0.4, -0.2) is 37.4 Å². The van der Waals surface area contributed by atoms with Crippen LogP contribution >= 0.6 is 15.9 Å². The molecular weight excluding hydrogens is 575 g/mol. The highest BCUT2D eigenvalue weighted by atomic mass is 79.9. The topological polar surface area (TPSA) is 60.7 Å². The Morgan fingerprint density at radius 3 is 2.38 bits per heavy atom. The molecule has 1 aliphatic heterocycles. The number of halogens is 4. The Bertz CT molecular complexity index is 1330. The van der Waals surface area contributed by atoms with E-state index in [1.165, 1.54) is 23.4 Å². The van der Waals surface area contributed by atoms with Crippen molar-refractivity contribution in [3.8, 4) is 5.75 Å². The van der Waals surface area contributed by atoms with Crippen molar-refractivity contribution >= 4 is 33.6 Å². The summed E-state index contributed by atoms with van der Waals surface area (Å²) in [5.74, 6) is 0.515. The molecule has 0 saturated carbocycles. The van der Waals surface area contributed by atoms with Crippen LogP contribution < -0.4 is 4.74 Å². The van der Waals surface area contributed by atoms with Gasteiger partial charge in [-0.25, -0.2) is 8.78 Å². The highest BCUT2D eigenvalue weighted by molar-refractivity contribution is 9.10. The summed E-state index contributed by atoms with van der Waals surface area (Å²) in [5.41, 5.74) is 6.08. The number of carbonyl (C=O) groups is 1. The Morgan fingerprint density at radius 2 is 1.74 bits per heavy atom. The van der Waals surface area contributed by atoms with Crippen molar-refractivity contribution in [3.05, 3.63) is 98.9 Å². The first kappa shape index (κ1) is 32.1. The monoisotopic (exact) mass is 607 g/mol. The number of rotatable bonds is 6. The van der Waals surface area contributed by atoms with E-state index in [-0.39, 0.29) is 5.82 Å². The summed E-state index contributed by atoms with van der Waals surface area (Å²) in [6, 6.07) is 18.2. The number of hydrogen-bond acceptors (Lipinski definition) is 4. The van der Waals surface area contributed by atoms with Gasteiger partial charge in [0.1, 0.15) is 31.1 Å². The molecule has 1 N–H and O–H groups in total. The molecule has 1 aromatic heterocycles. The first-order valence-electron chi connectivity index (χ1n) is 12.1. The molecule has 0 aliphatic carbocycles. The number of alkyl halides is 2. The lowest BCUT2D eigenvalue weighted by atomic mass is 10.1. The summed E-state index contributed by atoms with van der Waals surface area (Å²) >= 11 is 3.53. The van der Waals surface area contributed by atoms with Gasteiger partial charge in [-0.2, -0.15) is 0 Å². The molecule has 4 aromatic rings. The Hall–Kier alpha value is -3.14. The normalized spacial score (nSPS) is 12.5. The predicted octanol–water partition coefficient (Wildman–Crippen LogP) is 7.28. The quantitative estimate of drug-likeness (QED) is 0.250. The summed E-state index contributed by atoms with van der Waals surface area (Å²) < 4.78 is 51.7. The van der Waals surface area contributed by atoms with Crippen molar-refractivity contribution in [2.24, 2.45) is 0 Å². The SMILES string of the molecule is C=O.CC(F)c1ccc(Cn2c3c(c4cccc(OCc5ccc(F)cc5)c42)COCC3)cc1Br.CF.CO. The number of carbonyl (C=O) groups excluding carboxylic acids is 1. The molecule has 5 nitrogen and oxygen atoms in total. The van der Waals surface area contributed by atoms with Gasteiger partial charge in [0.15, 0.2) is 0 Å². The number of fused-ring (bicyclic) bond motifs is 3. The first-order valence-corrected chi connectivity index (χ1v) is 12.9. The number of aromatic nitrogens is 1. The number of aliphatic hydroxyl groups excluding tert-OH is 1. The van der Waals surface area contributed by atoms with Crippen molar-refractivity contribution in [1.82, 2.24) is 4.57 Å². The predicted molar refractivity (Wildman–Crippen MR) is 151 cm³/mol. The van der Waals surface area contributed by atoms with E-state index in [1.807, 2.05) is 37.1 Å². The summed E-state index contributed by atoms with van der Waals surface area (Å²) in [7, 11) is 1.50. The van der Waals surface area contributed by atoms with Crippen LogP contribution in [0.5, 0.6) is 5.75 Å². The number of hydrogen-bond donors (Lipinski definition) is 1. The molecule has 39 heavy (non-hydrogen) atoms. The standard InChI is InChI=1S/C27H24BrF2NO2.CH3F.CH4O.CH2O/c1-17(29)21-10-7-19(13-24(21)28)14-31-25-11-12-32-16-23(25)22-3-2-4-26(27(22)31)33-15-18-5-8-20(30)9-6-18;3*1-2/h2-10,13,17H,11-12,14-16H2,1H3;1H3;2H,1H3;1H2. The van der Waals surface area contributed by atoms with E-state index in [0.717, 1.165) is 45.8 Å². The average Bonchev–Trinajstić information content (AvgIpc) is 3.30. The van der Waals surface area contributed by atoms with Crippen molar-refractivity contribution in [1.29, 1.82) is 0 Å². The van der Waals surface area contributed by atoms with E-state index in [2.05, 4.69) is 26.6 Å². The number of aliphatic hydroxyl groups is 1. The molecule has 0 bridgehead atoms. The smallest absolute Gasteiger partial charge is 0.144 e. The third-order valence-corrected chi connectivity index (χ3v) is 6.83. The zero-order valence-electron chi connectivity index (χ0n) is 22.2. The number of benzene rings is 3. The summed E-state index contributed by atoms with van der Waals surface area (Å²) in [4.78, 5) is 8.00. The molecule has 0 radical (unpaired) electrons. The average molecular weight is 608 g/mol. The number of ether oxygens (including phenoxy) is 2. The Labute approximate surface area is 235 Å². The number of para-hydroxylation sites is 1. The van der Waals surface area contributed by atoms with Gasteiger partial charge < -0.3 is 23.9 Å². The molecular formula is C30H33BrF3NO4. The van der Waals surface area contributed by atoms with Crippen molar-refractivity contribution in [2.75, 3.05) is 20.9 Å². The van der Waals surface area contributed by atoms with Gasteiger partial charge in [0.25, 0.3) is 0 Å². The van der Waals surface area contributed by atoms with E-state index in [1.54, 1.807) is 19.1 Å². The molecule has 9 heteroatoms. The summed E-state index contributed by atoms with van der Waals surface area (Å²) in [6.45, 7) is 5.78. The van der Waals surface area contributed by atoms with E-state index in [9.17, 15) is 13.2 Å². The highest BCUT2D eigenvalue weighted by Crippen LogP contribution is 2.37. The lowest BCUT2D eigenvalue weighted by Gasteiger charge is -2.18. The fraction of sp³-hybridized carbons (Fsp3) is 0.300. The molecule has 0 fully saturated rings. The number of nitrogens with zero attached hydrogens (tertiary/aromatic N) is 1. The van der Waals surface area contributed by atoms with Crippen molar-refractivity contribution in [2.45, 2.75) is 39.3 Å². The van der Waals surface area contributed by atoms with Crippen LogP contribution in [0.1, 0.15) is 41.0 Å². The van der Waals surface area contributed by atoms with Crippen LogP contribution in [0.15, 0.2) is 65.1 Å². The summed E-state index contributed by atoms with van der Waals surface area (Å²) in [6.07, 6.45) is -0.209. The highest BCUT2D eigenvalue weighted by Gasteiger charge is 2.23. The van der Waals surface area contributed by atoms with Crippen LogP contribution in [0.3, 0.4) is 0 Å². The molecule has 210 valence electrons. The van der Waals surface area contributed by atoms with Gasteiger partial charge in [0, 0.05) is 41.2 Å².